The molecule has 2 aromatic heterocycles. The minimum absolute atomic E-state index is 0.232. The van der Waals surface area contributed by atoms with E-state index in [4.69, 9.17) is 10.2 Å². The van der Waals surface area contributed by atoms with Gasteiger partial charge in [-0.2, -0.15) is 10.2 Å². The number of hydrogen-bond acceptors (Lipinski definition) is 7. The molecule has 8 nitrogen and oxygen atoms in total. The van der Waals surface area contributed by atoms with Crippen molar-refractivity contribution in [2.45, 2.75) is 38.6 Å². The van der Waals surface area contributed by atoms with Gasteiger partial charge in [0.25, 0.3) is 5.82 Å². The monoisotopic (exact) mass is 340 g/mol. The highest BCUT2D eigenvalue weighted by Crippen LogP contribution is 2.27. The van der Waals surface area contributed by atoms with Crippen LogP contribution in [0, 0.1) is 11.3 Å². The maximum Gasteiger partial charge on any atom is 0.252 e. The fraction of sp³-hybridized carbons (Fsp3) is 0.588. The highest BCUT2D eigenvalue weighted by Gasteiger charge is 2.23. The Morgan fingerprint density at radius 1 is 1.24 bits per heavy atom. The third-order valence-corrected chi connectivity index (χ3v) is 4.48. The van der Waals surface area contributed by atoms with Gasteiger partial charge in [0.2, 0.25) is 5.95 Å². The second-order valence-corrected chi connectivity index (χ2v) is 6.88. The summed E-state index contributed by atoms with van der Waals surface area (Å²) in [5.74, 6) is 2.32. The molecule has 0 radical (unpaired) electrons. The smallest absolute Gasteiger partial charge is 0.252 e. The number of hydrogen-bond donors (Lipinski definition) is 0. The summed E-state index contributed by atoms with van der Waals surface area (Å²) in [5, 5.41) is 13.1. The van der Waals surface area contributed by atoms with E-state index in [1.807, 2.05) is 29.7 Å². The second-order valence-electron chi connectivity index (χ2n) is 6.88. The molecule has 1 fully saturated rings. The van der Waals surface area contributed by atoms with Gasteiger partial charge in [-0.05, 0) is 18.8 Å². The van der Waals surface area contributed by atoms with Crippen LogP contribution in [0.4, 0.5) is 11.8 Å². The lowest BCUT2D eigenvalue weighted by Gasteiger charge is -2.33. The Bertz CT molecular complexity index is 739. The van der Waals surface area contributed by atoms with Crippen LogP contribution in [-0.4, -0.2) is 51.9 Å². The van der Waals surface area contributed by atoms with Gasteiger partial charge in [-0.3, -0.25) is 0 Å². The van der Waals surface area contributed by atoms with Gasteiger partial charge in [0.05, 0.1) is 11.7 Å². The van der Waals surface area contributed by atoms with Crippen molar-refractivity contribution in [1.82, 2.24) is 24.7 Å². The van der Waals surface area contributed by atoms with Crippen LogP contribution >= 0.6 is 0 Å². The highest BCUT2D eigenvalue weighted by atomic mass is 15.4. The summed E-state index contributed by atoms with van der Waals surface area (Å²) in [7, 11) is 3.93. The van der Waals surface area contributed by atoms with Crippen molar-refractivity contribution in [2.24, 2.45) is 0 Å². The van der Waals surface area contributed by atoms with Crippen molar-refractivity contribution in [2.75, 3.05) is 37.0 Å². The maximum absolute atomic E-state index is 8.87. The first-order chi connectivity index (χ1) is 12.0. The number of anilines is 2. The fourth-order valence-corrected chi connectivity index (χ4v) is 2.96. The molecule has 3 rings (SSSR count). The molecule has 0 unspecified atom stereocenters. The predicted octanol–water partition coefficient (Wildman–Crippen LogP) is 1.97. The molecule has 1 saturated heterocycles. The molecule has 1 aliphatic rings. The fourth-order valence-electron chi connectivity index (χ4n) is 2.96. The van der Waals surface area contributed by atoms with Gasteiger partial charge in [0.15, 0.2) is 0 Å². The Labute approximate surface area is 148 Å². The zero-order valence-corrected chi connectivity index (χ0v) is 15.2. The molecule has 8 heteroatoms. The van der Waals surface area contributed by atoms with Crippen LogP contribution in [0.25, 0.3) is 0 Å². The maximum atomic E-state index is 8.87. The van der Waals surface area contributed by atoms with Crippen LogP contribution in [0.2, 0.25) is 0 Å². The molecule has 0 amide bonds. The lowest BCUT2D eigenvalue weighted by Crippen LogP contribution is -2.35. The molecule has 0 spiro atoms. The molecule has 2 aromatic rings. The van der Waals surface area contributed by atoms with E-state index in [0.717, 1.165) is 43.4 Å². The summed E-state index contributed by atoms with van der Waals surface area (Å²) < 4.78 is 1.82. The minimum atomic E-state index is 0.232. The predicted molar refractivity (Wildman–Crippen MR) is 95.7 cm³/mol. The van der Waals surface area contributed by atoms with E-state index in [-0.39, 0.29) is 11.9 Å². The molecule has 0 saturated carbocycles. The number of nitriles is 1. The molecule has 1 aliphatic heterocycles. The SMILES string of the molecule is CC(C)c1cc(N2CCC(n3cnc(C#N)n3)CC2)nc(N(C)C)n1. The van der Waals surface area contributed by atoms with Gasteiger partial charge >= 0.3 is 0 Å². The van der Waals surface area contributed by atoms with E-state index >= 15 is 0 Å². The third kappa shape index (κ3) is 3.71. The lowest BCUT2D eigenvalue weighted by atomic mass is 10.0. The van der Waals surface area contributed by atoms with Crippen LogP contribution in [0.15, 0.2) is 12.4 Å². The van der Waals surface area contributed by atoms with Crippen LogP contribution in [0.1, 0.15) is 50.2 Å². The quantitative estimate of drug-likeness (QED) is 0.841. The van der Waals surface area contributed by atoms with Crippen molar-refractivity contribution in [3.05, 3.63) is 23.9 Å². The van der Waals surface area contributed by atoms with E-state index in [2.05, 4.69) is 39.9 Å². The van der Waals surface area contributed by atoms with Crippen LogP contribution in [0.3, 0.4) is 0 Å². The van der Waals surface area contributed by atoms with Gasteiger partial charge < -0.3 is 9.80 Å². The molecule has 0 N–H and O–H groups in total. The van der Waals surface area contributed by atoms with Gasteiger partial charge in [0, 0.05) is 33.3 Å². The van der Waals surface area contributed by atoms with E-state index in [9.17, 15) is 0 Å². The Morgan fingerprint density at radius 3 is 2.52 bits per heavy atom. The molecule has 0 bridgehead atoms. The summed E-state index contributed by atoms with van der Waals surface area (Å²) in [6, 6.07) is 4.36. The molecule has 0 atom stereocenters. The molecular weight excluding hydrogens is 316 g/mol. The largest absolute Gasteiger partial charge is 0.356 e. The number of nitrogens with zero attached hydrogens (tertiary/aromatic N) is 8. The normalized spacial score (nSPS) is 15.4. The topological polar surface area (TPSA) is 86.8 Å². The summed E-state index contributed by atoms with van der Waals surface area (Å²) in [6.45, 7) is 6.09. The van der Waals surface area contributed by atoms with Crippen molar-refractivity contribution in [1.29, 1.82) is 5.26 Å². The number of piperidine rings is 1. The van der Waals surface area contributed by atoms with E-state index < -0.39 is 0 Å². The Kier molecular flexibility index (Phi) is 4.83. The Morgan fingerprint density at radius 2 is 1.96 bits per heavy atom. The first kappa shape index (κ1) is 17.1. The Balaban J connectivity index is 1.75. The molecule has 0 aliphatic carbocycles. The lowest BCUT2D eigenvalue weighted by molar-refractivity contribution is 0.364. The minimum Gasteiger partial charge on any atom is -0.356 e. The highest BCUT2D eigenvalue weighted by molar-refractivity contribution is 5.46. The Hall–Kier alpha value is -2.69. The zero-order valence-electron chi connectivity index (χ0n) is 15.2. The van der Waals surface area contributed by atoms with Gasteiger partial charge in [0.1, 0.15) is 18.2 Å². The average molecular weight is 340 g/mol. The van der Waals surface area contributed by atoms with E-state index in [1.54, 1.807) is 6.33 Å². The molecule has 3 heterocycles. The number of aromatic nitrogens is 5. The first-order valence-corrected chi connectivity index (χ1v) is 8.60. The average Bonchev–Trinajstić information content (AvgIpc) is 3.10. The summed E-state index contributed by atoms with van der Waals surface area (Å²) >= 11 is 0. The number of rotatable bonds is 4. The van der Waals surface area contributed by atoms with Crippen molar-refractivity contribution in [3.63, 3.8) is 0 Å². The molecule has 0 aromatic carbocycles. The van der Waals surface area contributed by atoms with Crippen molar-refractivity contribution >= 4 is 11.8 Å². The summed E-state index contributed by atoms with van der Waals surface area (Å²) in [5.41, 5.74) is 1.06. The van der Waals surface area contributed by atoms with Crippen molar-refractivity contribution in [3.8, 4) is 6.07 Å². The summed E-state index contributed by atoms with van der Waals surface area (Å²) in [6.07, 6.45) is 3.56. The first-order valence-electron chi connectivity index (χ1n) is 8.60. The van der Waals surface area contributed by atoms with Crippen LogP contribution in [0.5, 0.6) is 0 Å². The van der Waals surface area contributed by atoms with Gasteiger partial charge in [-0.1, -0.05) is 13.8 Å². The van der Waals surface area contributed by atoms with Crippen molar-refractivity contribution < 1.29 is 0 Å². The van der Waals surface area contributed by atoms with E-state index in [0.29, 0.717) is 5.92 Å². The molecule has 25 heavy (non-hydrogen) atoms. The van der Waals surface area contributed by atoms with Crippen LogP contribution < -0.4 is 9.80 Å². The zero-order chi connectivity index (χ0) is 18.0. The molecule has 132 valence electrons. The van der Waals surface area contributed by atoms with Gasteiger partial charge in [-0.15, -0.1) is 5.10 Å². The molecular formula is C17H24N8. The van der Waals surface area contributed by atoms with Gasteiger partial charge in [-0.25, -0.2) is 14.6 Å². The van der Waals surface area contributed by atoms with Crippen LogP contribution in [-0.2, 0) is 0 Å². The second kappa shape index (κ2) is 7.05. The summed E-state index contributed by atoms with van der Waals surface area (Å²) in [4.78, 5) is 17.6. The standard InChI is InChI=1S/C17H24N8/c1-12(2)14-9-16(21-17(20-14)23(3)4)24-7-5-13(6-8-24)25-11-19-15(10-18)22-25/h9,11-13H,5-8H2,1-4H3. The van der Waals surface area contributed by atoms with E-state index in [1.165, 1.54) is 0 Å². The third-order valence-electron chi connectivity index (χ3n) is 4.48.